The molecule has 0 aliphatic rings. The summed E-state index contributed by atoms with van der Waals surface area (Å²) in [7, 11) is 0. The van der Waals surface area contributed by atoms with Crippen LogP contribution in [0.4, 0.5) is 5.69 Å². The second kappa shape index (κ2) is 3.75. The van der Waals surface area contributed by atoms with Crippen molar-refractivity contribution in [3.63, 3.8) is 0 Å². The SMILES string of the molecule is Cc1snnc1Cc1cccc(N)c1. The van der Waals surface area contributed by atoms with E-state index in [2.05, 4.69) is 15.7 Å². The fraction of sp³-hybridized carbons (Fsp3) is 0.200. The normalized spacial score (nSPS) is 10.4. The Hall–Kier alpha value is -1.42. The summed E-state index contributed by atoms with van der Waals surface area (Å²) >= 11 is 1.44. The summed E-state index contributed by atoms with van der Waals surface area (Å²) in [6.07, 6.45) is 0.813. The van der Waals surface area contributed by atoms with E-state index in [1.54, 1.807) is 0 Å². The lowest BCUT2D eigenvalue weighted by molar-refractivity contribution is 1.01. The highest BCUT2D eigenvalue weighted by atomic mass is 32.1. The molecule has 0 radical (unpaired) electrons. The Morgan fingerprint density at radius 1 is 1.43 bits per heavy atom. The number of nitrogens with zero attached hydrogens (tertiary/aromatic N) is 2. The fourth-order valence-corrected chi connectivity index (χ4v) is 1.79. The van der Waals surface area contributed by atoms with Crippen LogP contribution in [0.1, 0.15) is 16.1 Å². The molecule has 2 rings (SSSR count). The molecule has 2 aromatic rings. The number of hydrogen-bond donors (Lipinski definition) is 1. The number of anilines is 1. The highest BCUT2D eigenvalue weighted by Crippen LogP contribution is 2.15. The molecule has 0 fully saturated rings. The minimum atomic E-state index is 0.795. The Balaban J connectivity index is 2.23. The van der Waals surface area contributed by atoms with Crippen LogP contribution in [-0.2, 0) is 6.42 Å². The van der Waals surface area contributed by atoms with E-state index in [0.29, 0.717) is 0 Å². The van der Waals surface area contributed by atoms with Gasteiger partial charge in [-0.05, 0) is 36.2 Å². The molecule has 0 unspecified atom stereocenters. The van der Waals surface area contributed by atoms with Crippen LogP contribution in [-0.4, -0.2) is 9.59 Å². The third-order valence-corrected chi connectivity index (χ3v) is 2.74. The number of benzene rings is 1. The summed E-state index contributed by atoms with van der Waals surface area (Å²) in [4.78, 5) is 1.17. The molecule has 1 aromatic heterocycles. The number of aryl methyl sites for hydroxylation is 1. The number of rotatable bonds is 2. The lowest BCUT2D eigenvalue weighted by Gasteiger charge is -1.99. The summed E-state index contributed by atoms with van der Waals surface area (Å²) in [6.45, 7) is 2.03. The summed E-state index contributed by atoms with van der Waals surface area (Å²) in [5.74, 6) is 0. The maximum Gasteiger partial charge on any atom is 0.0828 e. The first-order valence-electron chi connectivity index (χ1n) is 4.38. The molecule has 0 amide bonds. The predicted octanol–water partition coefficient (Wildman–Crippen LogP) is 2.02. The van der Waals surface area contributed by atoms with Gasteiger partial charge in [-0.25, -0.2) is 0 Å². The van der Waals surface area contributed by atoms with Gasteiger partial charge in [-0.2, -0.15) is 0 Å². The van der Waals surface area contributed by atoms with Crippen molar-refractivity contribution >= 4 is 17.2 Å². The summed E-state index contributed by atoms with van der Waals surface area (Å²) in [5.41, 5.74) is 8.71. The number of hydrogen-bond acceptors (Lipinski definition) is 4. The standard InChI is InChI=1S/C10H11N3S/c1-7-10(12-13-14-7)6-8-3-2-4-9(11)5-8/h2-5H,6,11H2,1H3. The Morgan fingerprint density at radius 2 is 2.29 bits per heavy atom. The van der Waals surface area contributed by atoms with Crippen LogP contribution in [0.25, 0.3) is 0 Å². The molecule has 1 aromatic carbocycles. The van der Waals surface area contributed by atoms with Crippen LogP contribution >= 0.6 is 11.5 Å². The molecule has 0 saturated heterocycles. The maximum absolute atomic E-state index is 5.69. The van der Waals surface area contributed by atoms with Gasteiger partial charge in [0.05, 0.1) is 5.69 Å². The molecule has 4 heteroatoms. The highest BCUT2D eigenvalue weighted by Gasteiger charge is 2.04. The van der Waals surface area contributed by atoms with Gasteiger partial charge in [-0.3, -0.25) is 0 Å². The third-order valence-electron chi connectivity index (χ3n) is 2.07. The number of nitrogens with two attached hydrogens (primary N) is 1. The van der Waals surface area contributed by atoms with Gasteiger partial charge in [-0.1, -0.05) is 16.6 Å². The van der Waals surface area contributed by atoms with Gasteiger partial charge in [0.15, 0.2) is 0 Å². The van der Waals surface area contributed by atoms with Crippen molar-refractivity contribution < 1.29 is 0 Å². The van der Waals surface area contributed by atoms with Gasteiger partial charge < -0.3 is 5.73 Å². The van der Waals surface area contributed by atoms with E-state index in [9.17, 15) is 0 Å². The highest BCUT2D eigenvalue weighted by molar-refractivity contribution is 7.05. The monoisotopic (exact) mass is 205 g/mol. The fourth-order valence-electron chi connectivity index (χ4n) is 1.31. The van der Waals surface area contributed by atoms with Crippen molar-refractivity contribution in [2.45, 2.75) is 13.3 Å². The van der Waals surface area contributed by atoms with Crippen LogP contribution in [0.2, 0.25) is 0 Å². The van der Waals surface area contributed by atoms with E-state index in [0.717, 1.165) is 17.8 Å². The van der Waals surface area contributed by atoms with Gasteiger partial charge in [0.2, 0.25) is 0 Å². The molecule has 3 nitrogen and oxygen atoms in total. The molecule has 72 valence electrons. The van der Waals surface area contributed by atoms with Crippen molar-refractivity contribution in [1.29, 1.82) is 0 Å². The third kappa shape index (κ3) is 1.90. The molecule has 0 spiro atoms. The quantitative estimate of drug-likeness (QED) is 0.763. The molecule has 0 atom stereocenters. The topological polar surface area (TPSA) is 51.8 Å². The molecule has 0 aliphatic heterocycles. The minimum absolute atomic E-state index is 0.795. The summed E-state index contributed by atoms with van der Waals surface area (Å²) in [6, 6.07) is 7.86. The van der Waals surface area contributed by atoms with E-state index >= 15 is 0 Å². The van der Waals surface area contributed by atoms with Crippen LogP contribution in [0.5, 0.6) is 0 Å². The molecular weight excluding hydrogens is 194 g/mol. The molecule has 1 heterocycles. The first-order valence-corrected chi connectivity index (χ1v) is 5.15. The second-order valence-corrected chi connectivity index (χ2v) is 4.16. The van der Waals surface area contributed by atoms with Gasteiger partial charge in [0, 0.05) is 17.0 Å². The van der Waals surface area contributed by atoms with Gasteiger partial charge >= 0.3 is 0 Å². The molecule has 2 N–H and O–H groups in total. The van der Waals surface area contributed by atoms with E-state index in [4.69, 9.17) is 5.73 Å². The van der Waals surface area contributed by atoms with Crippen molar-refractivity contribution in [2.75, 3.05) is 5.73 Å². The van der Waals surface area contributed by atoms with Gasteiger partial charge in [-0.15, -0.1) is 5.10 Å². The van der Waals surface area contributed by atoms with E-state index in [1.165, 1.54) is 22.0 Å². The zero-order valence-electron chi connectivity index (χ0n) is 7.90. The van der Waals surface area contributed by atoms with Crippen LogP contribution in [0.3, 0.4) is 0 Å². The Morgan fingerprint density at radius 3 is 2.93 bits per heavy atom. The van der Waals surface area contributed by atoms with Crippen LogP contribution in [0, 0.1) is 6.92 Å². The van der Waals surface area contributed by atoms with Crippen molar-refractivity contribution in [3.8, 4) is 0 Å². The summed E-state index contributed by atoms with van der Waals surface area (Å²) in [5, 5.41) is 4.07. The van der Waals surface area contributed by atoms with Gasteiger partial charge in [0.25, 0.3) is 0 Å². The average Bonchev–Trinajstić information content (AvgIpc) is 2.52. The Labute approximate surface area is 86.7 Å². The molecule has 0 bridgehead atoms. The van der Waals surface area contributed by atoms with Crippen molar-refractivity contribution in [3.05, 3.63) is 40.4 Å². The van der Waals surface area contributed by atoms with Crippen molar-refractivity contribution in [2.24, 2.45) is 0 Å². The molecular formula is C10H11N3S. The van der Waals surface area contributed by atoms with Crippen molar-refractivity contribution in [1.82, 2.24) is 9.59 Å². The zero-order valence-corrected chi connectivity index (χ0v) is 8.71. The number of aromatic nitrogens is 2. The Kier molecular flexibility index (Phi) is 2.45. The number of nitrogen functional groups attached to an aromatic ring is 1. The lowest BCUT2D eigenvalue weighted by Crippen LogP contribution is -1.92. The first-order chi connectivity index (χ1) is 6.75. The predicted molar refractivity (Wildman–Crippen MR) is 58.3 cm³/mol. The largest absolute Gasteiger partial charge is 0.399 e. The van der Waals surface area contributed by atoms with E-state index in [-0.39, 0.29) is 0 Å². The van der Waals surface area contributed by atoms with E-state index < -0.39 is 0 Å². The minimum Gasteiger partial charge on any atom is -0.399 e. The summed E-state index contributed by atoms with van der Waals surface area (Å²) < 4.78 is 3.90. The first kappa shape index (κ1) is 9.15. The Bertz CT molecular complexity index is 436. The lowest BCUT2D eigenvalue weighted by atomic mass is 10.1. The van der Waals surface area contributed by atoms with Crippen LogP contribution < -0.4 is 5.73 Å². The maximum atomic E-state index is 5.69. The molecule has 14 heavy (non-hydrogen) atoms. The average molecular weight is 205 g/mol. The van der Waals surface area contributed by atoms with Gasteiger partial charge in [0.1, 0.15) is 0 Å². The molecule has 0 saturated carbocycles. The smallest absolute Gasteiger partial charge is 0.0828 e. The zero-order chi connectivity index (χ0) is 9.97. The molecule has 0 aliphatic carbocycles. The van der Waals surface area contributed by atoms with E-state index in [1.807, 2.05) is 25.1 Å². The second-order valence-electron chi connectivity index (χ2n) is 3.20. The van der Waals surface area contributed by atoms with Crippen LogP contribution in [0.15, 0.2) is 24.3 Å².